The molecule has 1 unspecified atom stereocenters. The number of hydrogen-bond donors (Lipinski definition) is 1. The van der Waals surface area contributed by atoms with Crippen molar-refractivity contribution in [2.24, 2.45) is 10.7 Å². The molecule has 138 valence electrons. The minimum atomic E-state index is 0. The lowest BCUT2D eigenvalue weighted by atomic mass is 10.0. The van der Waals surface area contributed by atoms with Crippen molar-refractivity contribution in [2.45, 2.75) is 18.8 Å². The summed E-state index contributed by atoms with van der Waals surface area (Å²) in [4.78, 5) is 17.7. The van der Waals surface area contributed by atoms with E-state index >= 15 is 0 Å². The van der Waals surface area contributed by atoms with Gasteiger partial charge in [0, 0.05) is 51.0 Å². The van der Waals surface area contributed by atoms with Crippen molar-refractivity contribution in [3.05, 3.63) is 53.9 Å². The van der Waals surface area contributed by atoms with Gasteiger partial charge in [-0.15, -0.1) is 24.0 Å². The minimum absolute atomic E-state index is 0. The molecular formula is C19H25IN6. The average Bonchev–Trinajstić information content (AvgIpc) is 3.10. The van der Waals surface area contributed by atoms with Gasteiger partial charge in [-0.1, -0.05) is 24.3 Å². The van der Waals surface area contributed by atoms with Crippen LogP contribution in [0, 0.1) is 0 Å². The molecule has 2 aromatic rings. The molecule has 2 aliphatic rings. The number of anilines is 1. The van der Waals surface area contributed by atoms with Crippen LogP contribution in [0.2, 0.25) is 0 Å². The Labute approximate surface area is 171 Å². The SMILES string of the molecule is I.NC(=NCC1CCc2ccccc21)N1CCN(c2ncccn2)CC1. The predicted octanol–water partition coefficient (Wildman–Crippen LogP) is 2.26. The second kappa shape index (κ2) is 8.66. The minimum Gasteiger partial charge on any atom is -0.370 e. The normalized spacial score (nSPS) is 19.8. The van der Waals surface area contributed by atoms with Crippen LogP contribution in [-0.4, -0.2) is 53.6 Å². The fraction of sp³-hybridized carbons (Fsp3) is 0.421. The predicted molar refractivity (Wildman–Crippen MR) is 115 cm³/mol. The van der Waals surface area contributed by atoms with Crippen molar-refractivity contribution in [2.75, 3.05) is 37.6 Å². The zero-order valence-electron chi connectivity index (χ0n) is 14.8. The molecule has 6 nitrogen and oxygen atoms in total. The highest BCUT2D eigenvalue weighted by molar-refractivity contribution is 14.0. The van der Waals surface area contributed by atoms with Crippen molar-refractivity contribution in [3.8, 4) is 0 Å². The standard InChI is InChI=1S/C19H24N6.HI/c20-18(23-14-16-7-6-15-4-1-2-5-17(15)16)24-10-12-25(13-11-24)19-21-8-3-9-22-19;/h1-5,8-9,16H,6-7,10-14H2,(H2,20,23);1H. The number of halogens is 1. The van der Waals surface area contributed by atoms with Crippen molar-refractivity contribution < 1.29 is 0 Å². The van der Waals surface area contributed by atoms with E-state index in [4.69, 9.17) is 10.7 Å². The number of guanidine groups is 1. The lowest BCUT2D eigenvalue weighted by Gasteiger charge is -2.35. The zero-order valence-corrected chi connectivity index (χ0v) is 17.1. The van der Waals surface area contributed by atoms with Gasteiger partial charge in [0.05, 0.1) is 0 Å². The number of hydrogen-bond acceptors (Lipinski definition) is 4. The van der Waals surface area contributed by atoms with Crippen molar-refractivity contribution in [3.63, 3.8) is 0 Å². The Morgan fingerprint density at radius 2 is 1.81 bits per heavy atom. The fourth-order valence-electron chi connectivity index (χ4n) is 3.73. The Bertz CT molecular complexity index is 743. The number of nitrogens with two attached hydrogens (primary N) is 1. The summed E-state index contributed by atoms with van der Waals surface area (Å²) in [6, 6.07) is 10.5. The Morgan fingerprint density at radius 1 is 1.08 bits per heavy atom. The third-order valence-electron chi connectivity index (χ3n) is 5.17. The van der Waals surface area contributed by atoms with Gasteiger partial charge in [-0.3, -0.25) is 4.99 Å². The Morgan fingerprint density at radius 3 is 2.58 bits per heavy atom. The molecule has 0 saturated carbocycles. The molecule has 1 atom stereocenters. The van der Waals surface area contributed by atoms with E-state index in [1.165, 1.54) is 17.5 Å². The number of rotatable bonds is 3. The molecule has 1 aromatic carbocycles. The van der Waals surface area contributed by atoms with Gasteiger partial charge in [0.1, 0.15) is 0 Å². The van der Waals surface area contributed by atoms with Crippen LogP contribution in [0.25, 0.3) is 0 Å². The van der Waals surface area contributed by atoms with Gasteiger partial charge in [0.25, 0.3) is 0 Å². The highest BCUT2D eigenvalue weighted by Crippen LogP contribution is 2.32. The third-order valence-corrected chi connectivity index (χ3v) is 5.17. The molecule has 1 fully saturated rings. The van der Waals surface area contributed by atoms with Gasteiger partial charge >= 0.3 is 0 Å². The Hall–Kier alpha value is -1.90. The molecule has 0 bridgehead atoms. The van der Waals surface area contributed by atoms with E-state index in [1.807, 2.05) is 6.07 Å². The van der Waals surface area contributed by atoms with Crippen LogP contribution in [0.5, 0.6) is 0 Å². The number of piperazine rings is 1. The second-order valence-corrected chi connectivity index (χ2v) is 6.66. The molecule has 1 saturated heterocycles. The smallest absolute Gasteiger partial charge is 0.225 e. The molecule has 0 radical (unpaired) electrons. The first-order chi connectivity index (χ1) is 12.3. The van der Waals surface area contributed by atoms with E-state index in [0.717, 1.165) is 45.1 Å². The third kappa shape index (κ3) is 4.08. The van der Waals surface area contributed by atoms with E-state index < -0.39 is 0 Å². The van der Waals surface area contributed by atoms with E-state index in [2.05, 4.69) is 44.0 Å². The molecule has 2 heterocycles. The molecular weight excluding hydrogens is 439 g/mol. The fourth-order valence-corrected chi connectivity index (χ4v) is 3.73. The van der Waals surface area contributed by atoms with E-state index in [0.29, 0.717) is 11.9 Å². The van der Waals surface area contributed by atoms with E-state index in [1.54, 1.807) is 12.4 Å². The summed E-state index contributed by atoms with van der Waals surface area (Å²) in [5, 5.41) is 0. The molecule has 2 N–H and O–H groups in total. The van der Waals surface area contributed by atoms with Crippen LogP contribution in [0.3, 0.4) is 0 Å². The van der Waals surface area contributed by atoms with Crippen molar-refractivity contribution >= 4 is 35.9 Å². The molecule has 1 aromatic heterocycles. The maximum atomic E-state index is 6.26. The quantitative estimate of drug-likeness (QED) is 0.429. The Kier molecular flexibility index (Phi) is 6.29. The van der Waals surface area contributed by atoms with Crippen LogP contribution in [0.4, 0.5) is 5.95 Å². The topological polar surface area (TPSA) is 70.6 Å². The maximum absolute atomic E-state index is 6.26. The molecule has 1 aliphatic heterocycles. The molecule has 0 spiro atoms. The maximum Gasteiger partial charge on any atom is 0.225 e. The number of aromatic nitrogens is 2. The first kappa shape index (κ1) is 18.9. The van der Waals surface area contributed by atoms with Crippen LogP contribution >= 0.6 is 24.0 Å². The lowest BCUT2D eigenvalue weighted by Crippen LogP contribution is -2.51. The monoisotopic (exact) mass is 464 g/mol. The molecule has 4 rings (SSSR count). The summed E-state index contributed by atoms with van der Waals surface area (Å²) >= 11 is 0. The van der Waals surface area contributed by atoms with Crippen LogP contribution in [0.1, 0.15) is 23.5 Å². The number of aryl methyl sites for hydroxylation is 1. The number of benzene rings is 1. The first-order valence-corrected chi connectivity index (χ1v) is 8.96. The van der Waals surface area contributed by atoms with Gasteiger partial charge in [0.2, 0.25) is 5.95 Å². The second-order valence-electron chi connectivity index (χ2n) is 6.66. The zero-order chi connectivity index (χ0) is 17.1. The van der Waals surface area contributed by atoms with Gasteiger partial charge < -0.3 is 15.5 Å². The molecule has 1 aliphatic carbocycles. The van der Waals surface area contributed by atoms with Crippen molar-refractivity contribution in [1.82, 2.24) is 14.9 Å². The summed E-state index contributed by atoms with van der Waals surface area (Å²) in [6.07, 6.45) is 5.90. The highest BCUT2D eigenvalue weighted by Gasteiger charge is 2.23. The van der Waals surface area contributed by atoms with Gasteiger partial charge in [0.15, 0.2) is 5.96 Å². The number of nitrogens with zero attached hydrogens (tertiary/aromatic N) is 5. The summed E-state index contributed by atoms with van der Waals surface area (Å²) in [5.41, 5.74) is 9.18. The largest absolute Gasteiger partial charge is 0.370 e. The van der Waals surface area contributed by atoms with E-state index in [-0.39, 0.29) is 24.0 Å². The average molecular weight is 464 g/mol. The number of aliphatic imine (C=N–C) groups is 1. The van der Waals surface area contributed by atoms with Gasteiger partial charge in [-0.05, 0) is 30.0 Å². The molecule has 26 heavy (non-hydrogen) atoms. The van der Waals surface area contributed by atoms with E-state index in [9.17, 15) is 0 Å². The van der Waals surface area contributed by atoms with Crippen molar-refractivity contribution in [1.29, 1.82) is 0 Å². The molecule has 0 amide bonds. The van der Waals surface area contributed by atoms with Crippen LogP contribution < -0.4 is 10.6 Å². The summed E-state index contributed by atoms with van der Waals surface area (Å²) < 4.78 is 0. The lowest BCUT2D eigenvalue weighted by molar-refractivity contribution is 0.377. The van der Waals surface area contributed by atoms with Crippen LogP contribution in [-0.2, 0) is 6.42 Å². The summed E-state index contributed by atoms with van der Waals surface area (Å²) in [6.45, 7) is 4.23. The summed E-state index contributed by atoms with van der Waals surface area (Å²) in [7, 11) is 0. The van der Waals surface area contributed by atoms with Gasteiger partial charge in [-0.25, -0.2) is 9.97 Å². The van der Waals surface area contributed by atoms with Gasteiger partial charge in [-0.2, -0.15) is 0 Å². The van der Waals surface area contributed by atoms with Crippen LogP contribution in [0.15, 0.2) is 47.7 Å². The Balaban J connectivity index is 0.00000196. The number of fused-ring (bicyclic) bond motifs is 1. The summed E-state index contributed by atoms with van der Waals surface area (Å²) in [5.74, 6) is 1.96. The highest BCUT2D eigenvalue weighted by atomic mass is 127. The molecule has 7 heteroatoms. The first-order valence-electron chi connectivity index (χ1n) is 8.96.